The van der Waals surface area contributed by atoms with E-state index in [-0.39, 0.29) is 0 Å². The van der Waals surface area contributed by atoms with Crippen molar-refractivity contribution >= 4 is 10.8 Å². The fourth-order valence-corrected chi connectivity index (χ4v) is 8.92. The van der Waals surface area contributed by atoms with Crippen LogP contribution in [0.4, 0.5) is 0 Å². The minimum Gasteiger partial charge on any atom is -0.208 e. The summed E-state index contributed by atoms with van der Waals surface area (Å²) in [6, 6.07) is 67.5. The van der Waals surface area contributed by atoms with Crippen LogP contribution in [0.1, 0.15) is 22.3 Å². The SMILES string of the molecule is c1ccc(-c2nc(-c3ccccc3)nc(-c3ccc(C4(c5ccccc5)c5ccccc5-c5c4cc4c6c(cccc56)-c5ccccc5-4)cc3)n2)cc1. The van der Waals surface area contributed by atoms with Crippen LogP contribution in [0.2, 0.25) is 0 Å². The van der Waals surface area contributed by atoms with E-state index >= 15 is 0 Å². The van der Waals surface area contributed by atoms with Crippen LogP contribution < -0.4 is 0 Å². The molecule has 1 heterocycles. The molecule has 0 bridgehead atoms. The van der Waals surface area contributed by atoms with Gasteiger partial charge in [-0.1, -0.05) is 182 Å². The molecule has 1 aromatic heterocycles. The summed E-state index contributed by atoms with van der Waals surface area (Å²) >= 11 is 0. The van der Waals surface area contributed by atoms with Gasteiger partial charge in [0.25, 0.3) is 0 Å². The van der Waals surface area contributed by atoms with Crippen molar-refractivity contribution in [3.8, 4) is 67.5 Å². The van der Waals surface area contributed by atoms with E-state index in [4.69, 9.17) is 15.0 Å². The molecule has 9 aromatic rings. The zero-order chi connectivity index (χ0) is 34.9. The molecule has 3 heteroatoms. The highest BCUT2D eigenvalue weighted by molar-refractivity contribution is 6.20. The fraction of sp³-hybridized carbons (Fsp3) is 0.0200. The highest BCUT2D eigenvalue weighted by atomic mass is 15.0. The molecule has 53 heavy (non-hydrogen) atoms. The second kappa shape index (κ2) is 11.5. The Morgan fingerprint density at radius 1 is 0.321 bits per heavy atom. The normalized spacial score (nSPS) is 14.9. The van der Waals surface area contributed by atoms with E-state index in [1.165, 1.54) is 66.4 Å². The number of rotatable bonds is 5. The molecule has 11 rings (SSSR count). The van der Waals surface area contributed by atoms with Crippen LogP contribution >= 0.6 is 0 Å². The van der Waals surface area contributed by atoms with Crippen LogP contribution in [0, 0.1) is 0 Å². The zero-order valence-corrected chi connectivity index (χ0v) is 28.7. The molecule has 0 saturated carbocycles. The van der Waals surface area contributed by atoms with Crippen LogP contribution in [0.15, 0.2) is 188 Å². The van der Waals surface area contributed by atoms with Gasteiger partial charge in [0.15, 0.2) is 17.5 Å². The number of hydrogen-bond acceptors (Lipinski definition) is 3. The van der Waals surface area contributed by atoms with Gasteiger partial charge in [0.1, 0.15) is 0 Å². The summed E-state index contributed by atoms with van der Waals surface area (Å²) in [6.07, 6.45) is 0. The van der Waals surface area contributed by atoms with Crippen molar-refractivity contribution in [2.75, 3.05) is 0 Å². The molecule has 0 radical (unpaired) electrons. The Bertz CT molecular complexity index is 2810. The molecule has 3 nitrogen and oxygen atoms in total. The van der Waals surface area contributed by atoms with Crippen molar-refractivity contribution in [1.82, 2.24) is 15.0 Å². The Balaban J connectivity index is 1.16. The van der Waals surface area contributed by atoms with Gasteiger partial charge < -0.3 is 0 Å². The first-order valence-electron chi connectivity index (χ1n) is 18.1. The van der Waals surface area contributed by atoms with E-state index in [0.29, 0.717) is 17.5 Å². The van der Waals surface area contributed by atoms with E-state index in [2.05, 4.69) is 127 Å². The molecular formula is C50H31N3. The van der Waals surface area contributed by atoms with Gasteiger partial charge in [0, 0.05) is 16.7 Å². The molecule has 0 aliphatic heterocycles. The molecule has 1 atom stereocenters. The Morgan fingerprint density at radius 2 is 0.792 bits per heavy atom. The highest BCUT2D eigenvalue weighted by Gasteiger charge is 2.47. The van der Waals surface area contributed by atoms with Crippen molar-refractivity contribution in [2.45, 2.75) is 5.41 Å². The smallest absolute Gasteiger partial charge is 0.164 e. The summed E-state index contributed by atoms with van der Waals surface area (Å²) in [7, 11) is 0. The van der Waals surface area contributed by atoms with Crippen LogP contribution in [-0.4, -0.2) is 15.0 Å². The molecule has 0 saturated heterocycles. The third-order valence-corrected chi connectivity index (χ3v) is 11.2. The molecular weight excluding hydrogens is 643 g/mol. The predicted molar refractivity (Wildman–Crippen MR) is 215 cm³/mol. The molecule has 8 aromatic carbocycles. The molecule has 2 aliphatic rings. The first-order chi connectivity index (χ1) is 26.3. The van der Waals surface area contributed by atoms with Crippen molar-refractivity contribution in [2.24, 2.45) is 0 Å². The number of aromatic nitrogens is 3. The topological polar surface area (TPSA) is 38.7 Å². The molecule has 0 spiro atoms. The molecule has 0 N–H and O–H groups in total. The molecule has 0 amide bonds. The minimum absolute atomic E-state index is 0.548. The first-order valence-corrected chi connectivity index (χ1v) is 18.1. The van der Waals surface area contributed by atoms with E-state index in [1.807, 2.05) is 60.7 Å². The Morgan fingerprint density at radius 3 is 1.42 bits per heavy atom. The number of hydrogen-bond donors (Lipinski definition) is 0. The fourth-order valence-electron chi connectivity index (χ4n) is 8.92. The summed E-state index contributed by atoms with van der Waals surface area (Å²) in [6.45, 7) is 0. The van der Waals surface area contributed by atoms with Gasteiger partial charge in [0.05, 0.1) is 5.41 Å². The molecule has 246 valence electrons. The minimum atomic E-state index is -0.548. The van der Waals surface area contributed by atoms with Crippen molar-refractivity contribution in [3.05, 3.63) is 210 Å². The van der Waals surface area contributed by atoms with Gasteiger partial charge in [-0.2, -0.15) is 0 Å². The van der Waals surface area contributed by atoms with Crippen LogP contribution in [0.3, 0.4) is 0 Å². The average Bonchev–Trinajstić information content (AvgIpc) is 3.73. The molecule has 0 fully saturated rings. The maximum atomic E-state index is 5.04. The summed E-state index contributed by atoms with van der Waals surface area (Å²) in [5.74, 6) is 1.96. The lowest BCUT2D eigenvalue weighted by molar-refractivity contribution is 0.769. The molecule has 1 unspecified atom stereocenters. The number of benzene rings is 8. The van der Waals surface area contributed by atoms with Gasteiger partial charge in [-0.3, -0.25) is 0 Å². The first kappa shape index (κ1) is 29.7. The Hall–Kier alpha value is -6.97. The number of nitrogens with zero attached hydrogens (tertiary/aromatic N) is 3. The second-order valence-electron chi connectivity index (χ2n) is 13.9. The van der Waals surface area contributed by atoms with Gasteiger partial charge in [-0.25, -0.2) is 15.0 Å². The van der Waals surface area contributed by atoms with Gasteiger partial charge >= 0.3 is 0 Å². The summed E-state index contributed by atoms with van der Waals surface area (Å²) in [5, 5.41) is 2.65. The predicted octanol–water partition coefficient (Wildman–Crippen LogP) is 12.0. The largest absolute Gasteiger partial charge is 0.208 e. The molecule has 2 aliphatic carbocycles. The lowest BCUT2D eigenvalue weighted by atomic mass is 9.67. The lowest BCUT2D eigenvalue weighted by Crippen LogP contribution is -2.28. The van der Waals surface area contributed by atoms with E-state index in [0.717, 1.165) is 16.7 Å². The Labute approximate surface area is 308 Å². The van der Waals surface area contributed by atoms with Gasteiger partial charge in [-0.15, -0.1) is 0 Å². The van der Waals surface area contributed by atoms with Crippen LogP contribution in [0.5, 0.6) is 0 Å². The maximum absolute atomic E-state index is 5.04. The van der Waals surface area contributed by atoms with E-state index in [9.17, 15) is 0 Å². The van der Waals surface area contributed by atoms with Crippen molar-refractivity contribution < 1.29 is 0 Å². The van der Waals surface area contributed by atoms with Crippen LogP contribution in [0.25, 0.3) is 78.3 Å². The van der Waals surface area contributed by atoms with Crippen LogP contribution in [-0.2, 0) is 5.41 Å². The third-order valence-electron chi connectivity index (χ3n) is 11.2. The maximum Gasteiger partial charge on any atom is 0.164 e. The van der Waals surface area contributed by atoms with Gasteiger partial charge in [0.2, 0.25) is 0 Å². The highest BCUT2D eigenvalue weighted by Crippen LogP contribution is 2.61. The Kier molecular flexibility index (Phi) is 6.47. The third kappa shape index (κ3) is 4.31. The van der Waals surface area contributed by atoms with E-state index < -0.39 is 5.41 Å². The van der Waals surface area contributed by atoms with Gasteiger partial charge in [-0.05, 0) is 72.5 Å². The summed E-state index contributed by atoms with van der Waals surface area (Å²) in [4.78, 5) is 15.0. The zero-order valence-electron chi connectivity index (χ0n) is 28.7. The monoisotopic (exact) mass is 673 g/mol. The average molecular weight is 674 g/mol. The van der Waals surface area contributed by atoms with E-state index in [1.54, 1.807) is 0 Å². The standard InChI is InChI=1S/C50H31N3/c1-4-15-32(16-5-1)47-51-48(33-17-6-2-7-18-33)53-49(52-47)34-27-29-36(30-28-34)50(35-19-8-3-9-20-35)43-26-13-12-23-40(43)46-41-25-14-24-39-37-21-10-11-22-38(37)42(45(39)41)31-44(46)50/h1-31H. The lowest BCUT2D eigenvalue weighted by Gasteiger charge is -2.34. The summed E-state index contributed by atoms with van der Waals surface area (Å²) in [5.41, 5.74) is 15.2. The second-order valence-corrected chi connectivity index (χ2v) is 13.9. The number of fused-ring (bicyclic) bond motifs is 7. The summed E-state index contributed by atoms with van der Waals surface area (Å²) < 4.78 is 0. The van der Waals surface area contributed by atoms with Crippen molar-refractivity contribution in [1.29, 1.82) is 0 Å². The quantitative estimate of drug-likeness (QED) is 0.182. The van der Waals surface area contributed by atoms with Crippen molar-refractivity contribution in [3.63, 3.8) is 0 Å².